The molecule has 0 heterocycles. The molecule has 0 saturated heterocycles. The average molecular weight is 257 g/mol. The van der Waals surface area contributed by atoms with Gasteiger partial charge in [0.1, 0.15) is 5.75 Å². The second-order valence-corrected chi connectivity index (χ2v) is 3.61. The van der Waals surface area contributed by atoms with E-state index in [2.05, 4.69) is 15.9 Å². The van der Waals surface area contributed by atoms with Crippen molar-refractivity contribution in [3.8, 4) is 5.75 Å². The molecule has 0 bridgehead atoms. The molecule has 14 heavy (non-hydrogen) atoms. The first kappa shape index (κ1) is 11.2. The first-order valence-electron chi connectivity index (χ1n) is 4.60. The van der Waals surface area contributed by atoms with Gasteiger partial charge in [0.25, 0.3) is 0 Å². The number of Topliss-reactive ketones (excluding diaryl/α,β-unsaturated/α-hetero) is 1. The maximum Gasteiger partial charge on any atom is 0.163 e. The number of benzene rings is 1. The van der Waals surface area contributed by atoms with Crippen molar-refractivity contribution >= 4 is 21.7 Å². The predicted molar refractivity (Wildman–Crippen MR) is 60.4 cm³/mol. The van der Waals surface area contributed by atoms with Gasteiger partial charge in [0.15, 0.2) is 5.78 Å². The normalized spacial score (nSPS) is 9.86. The molecular formula is C11H13BrO2. The smallest absolute Gasteiger partial charge is 0.163 e. The quantitative estimate of drug-likeness (QED) is 0.598. The lowest BCUT2D eigenvalue weighted by atomic mass is 10.1. The monoisotopic (exact) mass is 256 g/mol. The molecule has 0 unspecified atom stereocenters. The molecule has 3 heteroatoms. The van der Waals surface area contributed by atoms with Gasteiger partial charge >= 0.3 is 0 Å². The topological polar surface area (TPSA) is 26.3 Å². The minimum absolute atomic E-state index is 0.157. The summed E-state index contributed by atoms with van der Waals surface area (Å²) in [4.78, 5) is 11.4. The summed E-state index contributed by atoms with van der Waals surface area (Å²) >= 11 is 3.24. The van der Waals surface area contributed by atoms with E-state index in [9.17, 15) is 4.79 Å². The van der Waals surface area contributed by atoms with Gasteiger partial charge in [0, 0.05) is 17.3 Å². The summed E-state index contributed by atoms with van der Waals surface area (Å²) in [7, 11) is 0. The van der Waals surface area contributed by atoms with Crippen LogP contribution in [0.1, 0.15) is 23.7 Å². The Kier molecular flexibility index (Phi) is 4.66. The van der Waals surface area contributed by atoms with E-state index in [4.69, 9.17) is 4.74 Å². The van der Waals surface area contributed by atoms with E-state index in [0.717, 1.165) is 11.3 Å². The Balaban J connectivity index is 2.67. The summed E-state index contributed by atoms with van der Waals surface area (Å²) in [6.07, 6.45) is 0.536. The van der Waals surface area contributed by atoms with Crippen LogP contribution in [-0.2, 0) is 0 Å². The fourth-order valence-electron chi connectivity index (χ4n) is 1.13. The van der Waals surface area contributed by atoms with Gasteiger partial charge in [-0.1, -0.05) is 15.9 Å². The third kappa shape index (κ3) is 3.14. The fourth-order valence-corrected chi connectivity index (χ4v) is 1.49. The molecule has 0 radical (unpaired) electrons. The molecule has 0 atom stereocenters. The number of alkyl halides is 1. The van der Waals surface area contributed by atoms with Gasteiger partial charge in [-0.2, -0.15) is 0 Å². The molecule has 0 fully saturated rings. The van der Waals surface area contributed by atoms with Crippen molar-refractivity contribution in [2.45, 2.75) is 13.3 Å². The van der Waals surface area contributed by atoms with Gasteiger partial charge in [-0.3, -0.25) is 4.79 Å². The molecule has 0 amide bonds. The highest BCUT2D eigenvalue weighted by Crippen LogP contribution is 2.13. The maximum atomic E-state index is 11.4. The molecule has 0 spiro atoms. The molecule has 0 aliphatic carbocycles. The zero-order valence-electron chi connectivity index (χ0n) is 8.13. The summed E-state index contributed by atoms with van der Waals surface area (Å²) in [5.41, 5.74) is 0.743. The van der Waals surface area contributed by atoms with Crippen LogP contribution in [0.3, 0.4) is 0 Å². The van der Waals surface area contributed by atoms with Crippen LogP contribution in [0.25, 0.3) is 0 Å². The molecular weight excluding hydrogens is 244 g/mol. The van der Waals surface area contributed by atoms with Crippen LogP contribution in [0.2, 0.25) is 0 Å². The lowest BCUT2D eigenvalue weighted by Gasteiger charge is -2.03. The lowest BCUT2D eigenvalue weighted by molar-refractivity contribution is 0.0990. The van der Waals surface area contributed by atoms with Crippen LogP contribution in [0.15, 0.2) is 24.3 Å². The van der Waals surface area contributed by atoms with Crippen molar-refractivity contribution in [2.75, 3.05) is 11.9 Å². The van der Waals surface area contributed by atoms with Crippen LogP contribution in [0.5, 0.6) is 5.75 Å². The highest BCUT2D eigenvalue weighted by molar-refractivity contribution is 9.09. The molecule has 76 valence electrons. The van der Waals surface area contributed by atoms with Crippen molar-refractivity contribution in [2.24, 2.45) is 0 Å². The number of ketones is 1. The van der Waals surface area contributed by atoms with Crippen molar-refractivity contribution in [1.29, 1.82) is 0 Å². The second-order valence-electron chi connectivity index (χ2n) is 2.82. The highest BCUT2D eigenvalue weighted by Gasteiger charge is 2.04. The zero-order chi connectivity index (χ0) is 10.4. The summed E-state index contributed by atoms with van der Waals surface area (Å²) in [6, 6.07) is 7.25. The van der Waals surface area contributed by atoms with Gasteiger partial charge in [-0.05, 0) is 31.2 Å². The Bertz CT molecular complexity index is 293. The van der Waals surface area contributed by atoms with E-state index in [1.54, 1.807) is 12.1 Å². The molecule has 0 saturated carbocycles. The fraction of sp³-hybridized carbons (Fsp3) is 0.364. The van der Waals surface area contributed by atoms with Crippen LogP contribution in [0, 0.1) is 0 Å². The average Bonchev–Trinajstić information content (AvgIpc) is 2.20. The second kappa shape index (κ2) is 5.81. The van der Waals surface area contributed by atoms with E-state index in [1.807, 2.05) is 19.1 Å². The number of hydrogen-bond donors (Lipinski definition) is 0. The molecule has 0 aliphatic heterocycles. The third-order valence-electron chi connectivity index (χ3n) is 1.81. The number of carbonyl (C=O) groups is 1. The standard InChI is InChI=1S/C11H13BrO2/c1-2-14-10-5-3-9(4-6-10)11(13)7-8-12/h3-6H,2,7-8H2,1H3. The summed E-state index contributed by atoms with van der Waals surface area (Å²) in [5, 5.41) is 0.707. The Morgan fingerprint density at radius 3 is 2.50 bits per heavy atom. The van der Waals surface area contributed by atoms with Crippen molar-refractivity contribution < 1.29 is 9.53 Å². The highest BCUT2D eigenvalue weighted by atomic mass is 79.9. The largest absolute Gasteiger partial charge is 0.494 e. The molecule has 1 aromatic rings. The maximum absolute atomic E-state index is 11.4. The van der Waals surface area contributed by atoms with Gasteiger partial charge in [0.2, 0.25) is 0 Å². The van der Waals surface area contributed by atoms with Crippen molar-refractivity contribution in [3.05, 3.63) is 29.8 Å². The summed E-state index contributed by atoms with van der Waals surface area (Å²) in [5.74, 6) is 0.966. The SMILES string of the molecule is CCOc1ccc(C(=O)CCBr)cc1. The summed E-state index contributed by atoms with van der Waals surface area (Å²) < 4.78 is 5.28. The van der Waals surface area contributed by atoms with E-state index >= 15 is 0 Å². The number of rotatable bonds is 5. The van der Waals surface area contributed by atoms with Crippen LogP contribution in [-0.4, -0.2) is 17.7 Å². The first-order chi connectivity index (χ1) is 6.77. The predicted octanol–water partition coefficient (Wildman–Crippen LogP) is 3.05. The minimum atomic E-state index is 0.157. The molecule has 0 aromatic heterocycles. The van der Waals surface area contributed by atoms with Crippen LogP contribution >= 0.6 is 15.9 Å². The lowest BCUT2D eigenvalue weighted by Crippen LogP contribution is -1.99. The molecule has 0 aliphatic rings. The molecule has 1 aromatic carbocycles. The minimum Gasteiger partial charge on any atom is -0.494 e. The van der Waals surface area contributed by atoms with Crippen molar-refractivity contribution in [3.63, 3.8) is 0 Å². The van der Waals surface area contributed by atoms with E-state index in [1.165, 1.54) is 0 Å². The van der Waals surface area contributed by atoms with E-state index in [0.29, 0.717) is 18.4 Å². The molecule has 1 rings (SSSR count). The van der Waals surface area contributed by atoms with Gasteiger partial charge < -0.3 is 4.74 Å². The van der Waals surface area contributed by atoms with Crippen molar-refractivity contribution in [1.82, 2.24) is 0 Å². The van der Waals surface area contributed by atoms with Gasteiger partial charge in [0.05, 0.1) is 6.61 Å². The molecule has 0 N–H and O–H groups in total. The third-order valence-corrected chi connectivity index (χ3v) is 2.21. The Labute approximate surface area is 92.4 Å². The van der Waals surface area contributed by atoms with Gasteiger partial charge in [-0.15, -0.1) is 0 Å². The van der Waals surface area contributed by atoms with E-state index < -0.39 is 0 Å². The van der Waals surface area contributed by atoms with Gasteiger partial charge in [-0.25, -0.2) is 0 Å². The Morgan fingerprint density at radius 1 is 1.36 bits per heavy atom. The first-order valence-corrected chi connectivity index (χ1v) is 5.72. The zero-order valence-corrected chi connectivity index (χ0v) is 9.71. The number of carbonyl (C=O) groups excluding carboxylic acids is 1. The Hall–Kier alpha value is -0.830. The van der Waals surface area contributed by atoms with E-state index in [-0.39, 0.29) is 5.78 Å². The van der Waals surface area contributed by atoms with Crippen LogP contribution in [0.4, 0.5) is 0 Å². The number of hydrogen-bond acceptors (Lipinski definition) is 2. The number of ether oxygens (including phenoxy) is 1. The molecule has 2 nitrogen and oxygen atoms in total. The Morgan fingerprint density at radius 2 is 2.00 bits per heavy atom. The number of halogens is 1. The van der Waals surface area contributed by atoms with Crippen LogP contribution < -0.4 is 4.74 Å². The summed E-state index contributed by atoms with van der Waals surface area (Å²) in [6.45, 7) is 2.58.